The summed E-state index contributed by atoms with van der Waals surface area (Å²) in [6.45, 7) is 2.13. The van der Waals surface area contributed by atoms with Gasteiger partial charge < -0.3 is 15.4 Å². The van der Waals surface area contributed by atoms with E-state index in [9.17, 15) is 0 Å². The highest BCUT2D eigenvalue weighted by molar-refractivity contribution is 7.80. The van der Waals surface area contributed by atoms with Gasteiger partial charge in [0.05, 0.1) is 7.11 Å². The van der Waals surface area contributed by atoms with Gasteiger partial charge in [-0.2, -0.15) is 0 Å². The van der Waals surface area contributed by atoms with E-state index >= 15 is 0 Å². The summed E-state index contributed by atoms with van der Waals surface area (Å²) in [7, 11) is 1.65. The van der Waals surface area contributed by atoms with Crippen molar-refractivity contribution in [2.75, 3.05) is 12.4 Å². The molecule has 0 amide bonds. The predicted molar refractivity (Wildman–Crippen MR) is 89.8 cm³/mol. The minimum Gasteiger partial charge on any atom is -0.497 e. The monoisotopic (exact) mass is 306 g/mol. The molecular weight excluding hydrogens is 288 g/mol. The Morgan fingerprint density at radius 2 is 2.05 bits per heavy atom. The summed E-state index contributed by atoms with van der Waals surface area (Å²) in [6, 6.07) is 12.2. The second-order valence-corrected chi connectivity index (χ2v) is 5.95. The maximum absolute atomic E-state index is 5.32. The number of ether oxygens (including phenoxy) is 1. The van der Waals surface area contributed by atoms with Gasteiger partial charge in [-0.15, -0.1) is 11.3 Å². The van der Waals surface area contributed by atoms with Crippen LogP contribution in [0.25, 0.3) is 0 Å². The number of rotatable bonds is 5. The molecule has 2 rings (SSSR count). The molecule has 106 valence electrons. The minimum atomic E-state index is 0.298. The first-order valence-electron chi connectivity index (χ1n) is 6.41. The first-order chi connectivity index (χ1) is 9.67. The summed E-state index contributed by atoms with van der Waals surface area (Å²) in [5.41, 5.74) is 0.951. The van der Waals surface area contributed by atoms with Crippen LogP contribution in [0, 0.1) is 0 Å². The lowest BCUT2D eigenvalue weighted by Gasteiger charge is -2.16. The summed E-state index contributed by atoms with van der Waals surface area (Å²) in [4.78, 5) is 1.36. The Morgan fingerprint density at radius 1 is 1.30 bits per heavy atom. The van der Waals surface area contributed by atoms with Gasteiger partial charge in [0.1, 0.15) is 5.75 Å². The molecule has 20 heavy (non-hydrogen) atoms. The van der Waals surface area contributed by atoms with E-state index in [0.29, 0.717) is 11.2 Å². The van der Waals surface area contributed by atoms with Crippen molar-refractivity contribution in [2.45, 2.75) is 19.4 Å². The smallest absolute Gasteiger partial charge is 0.170 e. The summed E-state index contributed by atoms with van der Waals surface area (Å²) < 4.78 is 5.12. The Hall–Kier alpha value is -1.59. The van der Waals surface area contributed by atoms with E-state index in [1.165, 1.54) is 4.88 Å². The zero-order chi connectivity index (χ0) is 14.4. The first kappa shape index (κ1) is 14.8. The first-order valence-corrected chi connectivity index (χ1v) is 7.70. The summed E-state index contributed by atoms with van der Waals surface area (Å²) in [5.74, 6) is 0.834. The summed E-state index contributed by atoms with van der Waals surface area (Å²) in [6.07, 6.45) is 0.974. The molecule has 2 aromatic rings. The molecular formula is C15H18N2OS2. The van der Waals surface area contributed by atoms with E-state index in [4.69, 9.17) is 17.0 Å². The van der Waals surface area contributed by atoms with Gasteiger partial charge in [0.2, 0.25) is 0 Å². The lowest BCUT2D eigenvalue weighted by molar-refractivity contribution is 0.415. The molecule has 5 heteroatoms. The minimum absolute atomic E-state index is 0.298. The van der Waals surface area contributed by atoms with Crippen LogP contribution in [0.5, 0.6) is 5.75 Å². The van der Waals surface area contributed by atoms with E-state index in [1.807, 2.05) is 24.3 Å². The van der Waals surface area contributed by atoms with Gasteiger partial charge in [-0.05, 0) is 54.9 Å². The van der Waals surface area contributed by atoms with Gasteiger partial charge in [0.25, 0.3) is 0 Å². The van der Waals surface area contributed by atoms with Gasteiger partial charge in [-0.25, -0.2) is 0 Å². The van der Waals surface area contributed by atoms with Gasteiger partial charge in [-0.3, -0.25) is 0 Å². The number of thiocarbonyl (C=S) groups is 1. The van der Waals surface area contributed by atoms with Crippen molar-refractivity contribution >= 4 is 34.4 Å². The molecule has 0 aliphatic carbocycles. The van der Waals surface area contributed by atoms with E-state index in [2.05, 4.69) is 35.1 Å². The molecule has 0 aliphatic rings. The molecule has 1 heterocycles. The lowest BCUT2D eigenvalue weighted by atomic mass is 10.2. The van der Waals surface area contributed by atoms with Crippen LogP contribution in [-0.2, 0) is 6.42 Å². The van der Waals surface area contributed by atoms with Crippen LogP contribution >= 0.6 is 23.6 Å². The predicted octanol–water partition coefficient (Wildman–Crippen LogP) is 3.67. The van der Waals surface area contributed by atoms with Crippen molar-refractivity contribution in [2.24, 2.45) is 0 Å². The van der Waals surface area contributed by atoms with Crippen LogP contribution in [0.3, 0.4) is 0 Å². The van der Waals surface area contributed by atoms with Crippen molar-refractivity contribution in [1.29, 1.82) is 0 Å². The fourth-order valence-corrected chi connectivity index (χ4v) is 3.00. The van der Waals surface area contributed by atoms with Crippen molar-refractivity contribution < 1.29 is 4.74 Å². The highest BCUT2D eigenvalue weighted by Gasteiger charge is 2.06. The zero-order valence-electron chi connectivity index (χ0n) is 11.6. The SMILES string of the molecule is COc1ccc(NC(=S)N[C@@H](C)Cc2cccs2)cc1. The molecule has 1 atom stereocenters. The number of methoxy groups -OCH3 is 1. The fraction of sp³-hybridized carbons (Fsp3) is 0.267. The number of anilines is 1. The molecule has 0 aliphatic heterocycles. The summed E-state index contributed by atoms with van der Waals surface area (Å²) >= 11 is 7.09. The molecule has 1 aromatic heterocycles. The van der Waals surface area contributed by atoms with Crippen LogP contribution in [0.2, 0.25) is 0 Å². The maximum atomic E-state index is 5.32. The van der Waals surface area contributed by atoms with Gasteiger partial charge >= 0.3 is 0 Å². The third kappa shape index (κ3) is 4.51. The average Bonchev–Trinajstić information content (AvgIpc) is 2.92. The standard InChI is InChI=1S/C15H18N2OS2/c1-11(10-14-4-3-9-20-14)16-15(19)17-12-5-7-13(18-2)8-6-12/h3-9,11H,10H2,1-2H3,(H2,16,17,19)/t11-/m0/s1. The lowest BCUT2D eigenvalue weighted by Crippen LogP contribution is -2.36. The normalized spacial score (nSPS) is 11.7. The van der Waals surface area contributed by atoms with Crippen molar-refractivity contribution in [3.63, 3.8) is 0 Å². The van der Waals surface area contributed by atoms with Crippen molar-refractivity contribution in [3.05, 3.63) is 46.7 Å². The number of thiophene rings is 1. The fourth-order valence-electron chi connectivity index (χ4n) is 1.85. The van der Waals surface area contributed by atoms with Crippen LogP contribution in [0.15, 0.2) is 41.8 Å². The Kier molecular flexibility index (Phi) is 5.38. The van der Waals surface area contributed by atoms with E-state index in [-0.39, 0.29) is 0 Å². The number of hydrogen-bond acceptors (Lipinski definition) is 3. The van der Waals surface area contributed by atoms with Crippen LogP contribution in [0.4, 0.5) is 5.69 Å². The van der Waals surface area contributed by atoms with E-state index in [0.717, 1.165) is 17.9 Å². The molecule has 2 N–H and O–H groups in total. The van der Waals surface area contributed by atoms with Crippen LogP contribution in [-0.4, -0.2) is 18.3 Å². The van der Waals surface area contributed by atoms with Crippen LogP contribution in [0.1, 0.15) is 11.8 Å². The molecule has 0 saturated carbocycles. The van der Waals surface area contributed by atoms with Gasteiger partial charge in [-0.1, -0.05) is 6.07 Å². The molecule has 0 saturated heterocycles. The second-order valence-electron chi connectivity index (χ2n) is 4.51. The molecule has 3 nitrogen and oxygen atoms in total. The van der Waals surface area contributed by atoms with E-state index in [1.54, 1.807) is 18.4 Å². The Labute approximate surface area is 129 Å². The highest BCUT2D eigenvalue weighted by atomic mass is 32.1. The zero-order valence-corrected chi connectivity index (χ0v) is 13.2. The number of benzene rings is 1. The highest BCUT2D eigenvalue weighted by Crippen LogP contribution is 2.15. The molecule has 0 spiro atoms. The quantitative estimate of drug-likeness (QED) is 0.826. The molecule has 1 aromatic carbocycles. The third-order valence-electron chi connectivity index (χ3n) is 2.81. The Balaban J connectivity index is 1.82. The molecule has 0 radical (unpaired) electrons. The number of hydrogen-bond donors (Lipinski definition) is 2. The van der Waals surface area contributed by atoms with E-state index < -0.39 is 0 Å². The Bertz CT molecular complexity index is 538. The number of nitrogens with one attached hydrogen (secondary N) is 2. The van der Waals surface area contributed by atoms with Gasteiger partial charge in [0.15, 0.2) is 5.11 Å². The van der Waals surface area contributed by atoms with Gasteiger partial charge in [0, 0.05) is 23.0 Å². The summed E-state index contributed by atoms with van der Waals surface area (Å²) in [5, 5.41) is 9.19. The molecule has 0 unspecified atom stereocenters. The largest absolute Gasteiger partial charge is 0.497 e. The third-order valence-corrected chi connectivity index (χ3v) is 3.93. The maximum Gasteiger partial charge on any atom is 0.170 e. The topological polar surface area (TPSA) is 33.3 Å². The average molecular weight is 306 g/mol. The molecule has 0 fully saturated rings. The van der Waals surface area contributed by atoms with Crippen molar-refractivity contribution in [1.82, 2.24) is 5.32 Å². The second kappa shape index (κ2) is 7.26. The molecule has 0 bridgehead atoms. The Morgan fingerprint density at radius 3 is 2.65 bits per heavy atom. The van der Waals surface area contributed by atoms with Crippen LogP contribution < -0.4 is 15.4 Å². The van der Waals surface area contributed by atoms with Crippen molar-refractivity contribution in [3.8, 4) is 5.75 Å².